The van der Waals surface area contributed by atoms with Gasteiger partial charge in [0, 0.05) is 24.8 Å². The summed E-state index contributed by atoms with van der Waals surface area (Å²) in [5.74, 6) is 0. The van der Waals surface area contributed by atoms with Crippen LogP contribution in [-0.2, 0) is 11.0 Å². The largest absolute Gasteiger partial charge is 0.221 e. The second-order valence-corrected chi connectivity index (χ2v) is 9.46. The fraction of sp³-hybridized carbons (Fsp3) is 0.367. The predicted molar refractivity (Wildman–Crippen MR) is 133 cm³/mol. The number of para-hydroxylation sites is 1. The van der Waals surface area contributed by atoms with Crippen LogP contribution >= 0.6 is 0 Å². The van der Waals surface area contributed by atoms with E-state index in [1.807, 2.05) is 0 Å². The van der Waals surface area contributed by atoms with Crippen LogP contribution in [0.4, 0.5) is 0 Å². The van der Waals surface area contributed by atoms with Crippen molar-refractivity contribution in [2.45, 2.75) is 70.8 Å². The summed E-state index contributed by atoms with van der Waals surface area (Å²) in [5, 5.41) is 4.09. The number of pyridine rings is 1. The van der Waals surface area contributed by atoms with Gasteiger partial charge in [-0.2, -0.15) is 4.57 Å². The van der Waals surface area contributed by atoms with E-state index < -0.39 is 0 Å². The van der Waals surface area contributed by atoms with Gasteiger partial charge in [0.1, 0.15) is 0 Å². The highest BCUT2D eigenvalue weighted by Crippen LogP contribution is 2.54. The fourth-order valence-corrected chi connectivity index (χ4v) is 6.58. The minimum Gasteiger partial charge on any atom is -0.185 e. The summed E-state index contributed by atoms with van der Waals surface area (Å²) in [5.41, 5.74) is 5.87. The van der Waals surface area contributed by atoms with E-state index in [1.54, 1.807) is 5.56 Å². The van der Waals surface area contributed by atoms with Crippen molar-refractivity contribution in [2.24, 2.45) is 0 Å². The molecule has 2 atom stereocenters. The molecule has 0 fully saturated rings. The molecule has 4 aromatic rings. The molecular weight excluding hydrogens is 374 g/mol. The summed E-state index contributed by atoms with van der Waals surface area (Å²) in [6, 6.07) is 27.3. The number of hydrogen-bond acceptors (Lipinski definition) is 0. The standard InChI is InChI=1S/C30H34N/c1-5-8-21-30(7-3)26-19-13-11-18-25(26)28-24-17-10-9-15-22(24)23-16-12-14-20-27(23)31(28)29(30,4)6-2/h9-20H,5-8,21H2,1-4H3/q+1. The van der Waals surface area contributed by atoms with Crippen molar-refractivity contribution in [1.29, 1.82) is 0 Å². The van der Waals surface area contributed by atoms with Crippen molar-refractivity contribution < 1.29 is 4.57 Å². The highest BCUT2D eigenvalue weighted by molar-refractivity contribution is 6.09. The monoisotopic (exact) mass is 408 g/mol. The van der Waals surface area contributed by atoms with Crippen LogP contribution in [-0.4, -0.2) is 0 Å². The number of benzene rings is 3. The van der Waals surface area contributed by atoms with Gasteiger partial charge in [0.2, 0.25) is 11.2 Å². The normalized spacial score (nSPS) is 22.5. The van der Waals surface area contributed by atoms with Crippen molar-refractivity contribution in [3.05, 3.63) is 78.4 Å². The van der Waals surface area contributed by atoms with Crippen molar-refractivity contribution in [3.63, 3.8) is 0 Å². The zero-order chi connectivity index (χ0) is 21.6. The highest BCUT2D eigenvalue weighted by atomic mass is 15.1. The van der Waals surface area contributed by atoms with Crippen LogP contribution < -0.4 is 4.57 Å². The van der Waals surface area contributed by atoms with Crippen molar-refractivity contribution >= 4 is 21.7 Å². The van der Waals surface area contributed by atoms with Gasteiger partial charge in [-0.1, -0.05) is 82.1 Å². The number of nitrogens with zero attached hydrogens (tertiary/aromatic N) is 1. The van der Waals surface area contributed by atoms with Gasteiger partial charge < -0.3 is 0 Å². The Morgan fingerprint density at radius 2 is 1.35 bits per heavy atom. The Balaban J connectivity index is 2.04. The van der Waals surface area contributed by atoms with Crippen molar-refractivity contribution in [2.75, 3.05) is 0 Å². The van der Waals surface area contributed by atoms with E-state index in [4.69, 9.17) is 0 Å². The number of unbranched alkanes of at least 4 members (excludes halogenated alkanes) is 1. The van der Waals surface area contributed by atoms with Crippen molar-refractivity contribution in [1.82, 2.24) is 0 Å². The van der Waals surface area contributed by atoms with E-state index in [0.29, 0.717) is 0 Å². The van der Waals surface area contributed by atoms with E-state index in [1.165, 1.54) is 52.2 Å². The maximum atomic E-state index is 2.74. The molecule has 1 heteroatoms. The molecule has 2 heterocycles. The van der Waals surface area contributed by atoms with Gasteiger partial charge in [-0.3, -0.25) is 0 Å². The highest BCUT2D eigenvalue weighted by Gasteiger charge is 2.59. The van der Waals surface area contributed by atoms with E-state index >= 15 is 0 Å². The van der Waals surface area contributed by atoms with Gasteiger partial charge >= 0.3 is 0 Å². The molecular formula is C30H34N+. The van der Waals surface area contributed by atoms with Gasteiger partial charge in [-0.25, -0.2) is 0 Å². The molecule has 1 nitrogen and oxygen atoms in total. The third-order valence-corrected chi connectivity index (χ3v) is 8.31. The summed E-state index contributed by atoms with van der Waals surface area (Å²) in [6.07, 6.45) is 5.99. The smallest absolute Gasteiger partial charge is 0.185 e. The molecule has 2 unspecified atom stereocenters. The van der Waals surface area contributed by atoms with E-state index in [0.717, 1.165) is 12.8 Å². The fourth-order valence-electron chi connectivity index (χ4n) is 6.58. The minimum atomic E-state index is 0.00421. The molecule has 1 aliphatic rings. The van der Waals surface area contributed by atoms with Crippen LogP contribution in [0.1, 0.15) is 65.4 Å². The molecule has 0 spiro atoms. The molecule has 31 heavy (non-hydrogen) atoms. The lowest BCUT2D eigenvalue weighted by atomic mass is 9.57. The summed E-state index contributed by atoms with van der Waals surface area (Å²) in [7, 11) is 0. The number of rotatable bonds is 5. The Morgan fingerprint density at radius 3 is 2.06 bits per heavy atom. The lowest BCUT2D eigenvalue weighted by Gasteiger charge is -2.49. The van der Waals surface area contributed by atoms with Crippen LogP contribution in [0.15, 0.2) is 72.8 Å². The first-order valence-corrected chi connectivity index (χ1v) is 12.1. The Bertz CT molecular complexity index is 1270. The first-order valence-electron chi connectivity index (χ1n) is 12.1. The Hall–Kier alpha value is -2.67. The molecule has 1 aliphatic heterocycles. The molecule has 0 saturated heterocycles. The van der Waals surface area contributed by atoms with Gasteiger partial charge in [-0.05, 0) is 36.6 Å². The average Bonchev–Trinajstić information content (AvgIpc) is 2.83. The van der Waals surface area contributed by atoms with Crippen LogP contribution in [0.2, 0.25) is 0 Å². The topological polar surface area (TPSA) is 3.88 Å². The van der Waals surface area contributed by atoms with E-state index in [-0.39, 0.29) is 11.0 Å². The summed E-state index contributed by atoms with van der Waals surface area (Å²) >= 11 is 0. The molecule has 0 aliphatic carbocycles. The SMILES string of the molecule is CCCCC1(CC)c2ccccc2-c2c3ccccc3c3ccccc3[n+]2C1(C)CC. The van der Waals surface area contributed by atoms with E-state index in [2.05, 4.69) is 105 Å². The molecule has 0 saturated carbocycles. The quantitative estimate of drug-likeness (QED) is 0.233. The first-order chi connectivity index (χ1) is 15.1. The second-order valence-electron chi connectivity index (χ2n) is 9.46. The van der Waals surface area contributed by atoms with Crippen LogP contribution in [0.5, 0.6) is 0 Å². The van der Waals surface area contributed by atoms with E-state index in [9.17, 15) is 0 Å². The zero-order valence-electron chi connectivity index (χ0n) is 19.4. The Labute approximate surface area is 186 Å². The first kappa shape index (κ1) is 20.2. The molecule has 1 aromatic heterocycles. The Morgan fingerprint density at radius 1 is 0.710 bits per heavy atom. The van der Waals surface area contributed by atoms with Gasteiger partial charge in [0.15, 0.2) is 5.54 Å². The maximum Gasteiger partial charge on any atom is 0.221 e. The van der Waals surface area contributed by atoms with Gasteiger partial charge in [0.25, 0.3) is 0 Å². The molecule has 0 radical (unpaired) electrons. The van der Waals surface area contributed by atoms with Crippen molar-refractivity contribution in [3.8, 4) is 11.3 Å². The summed E-state index contributed by atoms with van der Waals surface area (Å²) in [4.78, 5) is 0. The number of aromatic nitrogens is 1. The second kappa shape index (κ2) is 7.48. The lowest BCUT2D eigenvalue weighted by Crippen LogP contribution is -2.68. The average molecular weight is 409 g/mol. The predicted octanol–water partition coefficient (Wildman–Crippen LogP) is 7.92. The lowest BCUT2D eigenvalue weighted by molar-refractivity contribution is -0.742. The molecule has 5 rings (SSSR count). The van der Waals surface area contributed by atoms with Crippen LogP contribution in [0.25, 0.3) is 32.9 Å². The Kier molecular flexibility index (Phi) is 4.88. The zero-order valence-corrected chi connectivity index (χ0v) is 19.4. The molecule has 0 bridgehead atoms. The van der Waals surface area contributed by atoms with Crippen LogP contribution in [0, 0.1) is 0 Å². The molecule has 0 amide bonds. The molecule has 0 N–H and O–H groups in total. The number of fused-ring (bicyclic) bond motifs is 8. The summed E-state index contributed by atoms with van der Waals surface area (Å²) < 4.78 is 2.74. The molecule has 158 valence electrons. The van der Waals surface area contributed by atoms with Crippen LogP contribution in [0.3, 0.4) is 0 Å². The minimum absolute atomic E-state index is 0.00421. The molecule has 3 aromatic carbocycles. The van der Waals surface area contributed by atoms with Gasteiger partial charge in [0.05, 0.1) is 21.8 Å². The van der Waals surface area contributed by atoms with Gasteiger partial charge in [-0.15, -0.1) is 0 Å². The number of hydrogen-bond donors (Lipinski definition) is 0. The summed E-state index contributed by atoms with van der Waals surface area (Å²) in [6.45, 7) is 9.67. The maximum absolute atomic E-state index is 2.74. The third kappa shape index (κ3) is 2.59. The third-order valence-electron chi connectivity index (χ3n) is 8.31.